The maximum absolute atomic E-state index is 5.54. The van der Waals surface area contributed by atoms with Crippen LogP contribution in [-0.2, 0) is 0 Å². The molecule has 3 heteroatoms. The molecular formula is C8H12N2O. The van der Waals surface area contributed by atoms with Gasteiger partial charge < -0.3 is 4.74 Å². The summed E-state index contributed by atoms with van der Waals surface area (Å²) in [4.78, 5) is 3.96. The SMILES string of the molecule is CCC(N)Oc1ccccn1. The first-order valence-electron chi connectivity index (χ1n) is 3.66. The topological polar surface area (TPSA) is 48.1 Å². The molecule has 1 unspecified atom stereocenters. The fraction of sp³-hybridized carbons (Fsp3) is 0.375. The van der Waals surface area contributed by atoms with Crippen molar-refractivity contribution in [3.8, 4) is 5.88 Å². The van der Waals surface area contributed by atoms with Gasteiger partial charge in [-0.05, 0) is 12.5 Å². The molecule has 1 atom stereocenters. The summed E-state index contributed by atoms with van der Waals surface area (Å²) in [5, 5.41) is 0. The van der Waals surface area contributed by atoms with Crippen molar-refractivity contribution in [1.29, 1.82) is 0 Å². The third-order valence-corrected chi connectivity index (χ3v) is 1.31. The predicted molar refractivity (Wildman–Crippen MR) is 43.1 cm³/mol. The summed E-state index contributed by atoms with van der Waals surface area (Å²) in [6.45, 7) is 1.97. The number of hydrogen-bond donors (Lipinski definition) is 1. The average molecular weight is 152 g/mol. The lowest BCUT2D eigenvalue weighted by Gasteiger charge is -2.10. The van der Waals surface area contributed by atoms with Crippen LogP contribution < -0.4 is 10.5 Å². The molecule has 0 fully saturated rings. The van der Waals surface area contributed by atoms with Crippen LogP contribution in [0.3, 0.4) is 0 Å². The number of rotatable bonds is 3. The van der Waals surface area contributed by atoms with E-state index in [1.165, 1.54) is 0 Å². The number of aromatic nitrogens is 1. The summed E-state index contributed by atoms with van der Waals surface area (Å²) in [6, 6.07) is 5.49. The highest BCUT2D eigenvalue weighted by molar-refractivity contribution is 5.09. The van der Waals surface area contributed by atoms with E-state index < -0.39 is 0 Å². The Hall–Kier alpha value is -1.09. The van der Waals surface area contributed by atoms with Crippen LogP contribution in [0.4, 0.5) is 0 Å². The van der Waals surface area contributed by atoms with Gasteiger partial charge in [-0.3, -0.25) is 5.73 Å². The van der Waals surface area contributed by atoms with Gasteiger partial charge >= 0.3 is 0 Å². The van der Waals surface area contributed by atoms with E-state index in [0.29, 0.717) is 5.88 Å². The number of pyridine rings is 1. The molecule has 0 aromatic carbocycles. The first-order chi connectivity index (χ1) is 5.33. The minimum Gasteiger partial charge on any atom is -0.459 e. The molecule has 0 aliphatic carbocycles. The standard InChI is InChI=1S/C8H12N2O/c1-2-7(9)11-8-5-3-4-6-10-8/h3-7H,2,9H2,1H3. The van der Waals surface area contributed by atoms with Gasteiger partial charge in [-0.1, -0.05) is 13.0 Å². The summed E-state index contributed by atoms with van der Waals surface area (Å²) in [5.74, 6) is 0.585. The largest absolute Gasteiger partial charge is 0.459 e. The van der Waals surface area contributed by atoms with Crippen molar-refractivity contribution in [3.05, 3.63) is 24.4 Å². The molecule has 0 radical (unpaired) electrons. The van der Waals surface area contributed by atoms with Gasteiger partial charge in [0.1, 0.15) is 6.23 Å². The Morgan fingerprint density at radius 2 is 2.45 bits per heavy atom. The van der Waals surface area contributed by atoms with Crippen LogP contribution in [0, 0.1) is 0 Å². The van der Waals surface area contributed by atoms with Crippen LogP contribution in [0.1, 0.15) is 13.3 Å². The second-order valence-electron chi connectivity index (χ2n) is 2.23. The highest BCUT2D eigenvalue weighted by atomic mass is 16.5. The summed E-state index contributed by atoms with van der Waals surface area (Å²) in [7, 11) is 0. The molecule has 3 nitrogen and oxygen atoms in total. The van der Waals surface area contributed by atoms with Gasteiger partial charge in [0.25, 0.3) is 0 Å². The molecular weight excluding hydrogens is 140 g/mol. The van der Waals surface area contributed by atoms with Crippen molar-refractivity contribution in [2.45, 2.75) is 19.6 Å². The average Bonchev–Trinajstić information content (AvgIpc) is 2.06. The molecule has 0 aliphatic rings. The molecule has 60 valence electrons. The Morgan fingerprint density at radius 3 is 3.00 bits per heavy atom. The van der Waals surface area contributed by atoms with Crippen LogP contribution in [0.2, 0.25) is 0 Å². The molecule has 1 aromatic heterocycles. The zero-order valence-electron chi connectivity index (χ0n) is 6.53. The molecule has 0 aliphatic heterocycles. The fourth-order valence-corrected chi connectivity index (χ4v) is 0.655. The van der Waals surface area contributed by atoms with E-state index in [4.69, 9.17) is 10.5 Å². The van der Waals surface area contributed by atoms with Crippen molar-refractivity contribution in [1.82, 2.24) is 4.98 Å². The third-order valence-electron chi connectivity index (χ3n) is 1.31. The molecule has 0 saturated heterocycles. The minimum atomic E-state index is -0.245. The van der Waals surface area contributed by atoms with Crippen molar-refractivity contribution in [3.63, 3.8) is 0 Å². The molecule has 1 aromatic rings. The molecule has 0 amide bonds. The lowest BCUT2D eigenvalue weighted by Crippen LogP contribution is -2.26. The van der Waals surface area contributed by atoms with Gasteiger partial charge in [0.05, 0.1) is 0 Å². The van der Waals surface area contributed by atoms with Crippen molar-refractivity contribution < 1.29 is 4.74 Å². The Morgan fingerprint density at radius 1 is 1.64 bits per heavy atom. The van der Waals surface area contributed by atoms with Gasteiger partial charge in [-0.2, -0.15) is 0 Å². The van der Waals surface area contributed by atoms with E-state index in [1.54, 1.807) is 12.3 Å². The molecule has 0 bridgehead atoms. The van der Waals surface area contributed by atoms with Gasteiger partial charge in [0.2, 0.25) is 5.88 Å². The summed E-state index contributed by atoms with van der Waals surface area (Å²) in [6.07, 6.45) is 2.22. The Labute approximate surface area is 66.2 Å². The van der Waals surface area contributed by atoms with Crippen molar-refractivity contribution >= 4 is 0 Å². The smallest absolute Gasteiger partial charge is 0.214 e. The van der Waals surface area contributed by atoms with Gasteiger partial charge in [0.15, 0.2) is 0 Å². The molecule has 1 rings (SSSR count). The van der Waals surface area contributed by atoms with E-state index in [2.05, 4.69) is 4.98 Å². The highest BCUT2D eigenvalue weighted by Gasteiger charge is 1.99. The monoisotopic (exact) mass is 152 g/mol. The van der Waals surface area contributed by atoms with E-state index in [0.717, 1.165) is 6.42 Å². The maximum Gasteiger partial charge on any atom is 0.214 e. The Balaban J connectivity index is 2.51. The molecule has 2 N–H and O–H groups in total. The van der Waals surface area contributed by atoms with Gasteiger partial charge in [-0.15, -0.1) is 0 Å². The zero-order chi connectivity index (χ0) is 8.10. The summed E-state index contributed by atoms with van der Waals surface area (Å²) < 4.78 is 5.23. The first-order valence-corrected chi connectivity index (χ1v) is 3.66. The number of nitrogens with two attached hydrogens (primary N) is 1. The van der Waals surface area contributed by atoms with E-state index >= 15 is 0 Å². The normalized spacial score (nSPS) is 12.5. The summed E-state index contributed by atoms with van der Waals surface area (Å²) >= 11 is 0. The molecule has 1 heterocycles. The van der Waals surface area contributed by atoms with Crippen molar-refractivity contribution in [2.75, 3.05) is 0 Å². The fourth-order valence-electron chi connectivity index (χ4n) is 0.655. The summed E-state index contributed by atoms with van der Waals surface area (Å²) in [5.41, 5.74) is 5.54. The van der Waals surface area contributed by atoms with Crippen LogP contribution in [0.15, 0.2) is 24.4 Å². The van der Waals surface area contributed by atoms with Crippen LogP contribution in [0.5, 0.6) is 5.88 Å². The van der Waals surface area contributed by atoms with Crippen LogP contribution in [-0.4, -0.2) is 11.2 Å². The quantitative estimate of drug-likeness (QED) is 0.661. The van der Waals surface area contributed by atoms with Crippen LogP contribution >= 0.6 is 0 Å². The van der Waals surface area contributed by atoms with Gasteiger partial charge in [-0.25, -0.2) is 4.98 Å². The zero-order valence-corrected chi connectivity index (χ0v) is 6.53. The number of ether oxygens (including phenoxy) is 1. The lowest BCUT2D eigenvalue weighted by molar-refractivity contribution is 0.196. The second kappa shape index (κ2) is 3.93. The van der Waals surface area contributed by atoms with Gasteiger partial charge in [0, 0.05) is 12.3 Å². The van der Waals surface area contributed by atoms with E-state index in [9.17, 15) is 0 Å². The highest BCUT2D eigenvalue weighted by Crippen LogP contribution is 2.05. The van der Waals surface area contributed by atoms with Crippen LogP contribution in [0.25, 0.3) is 0 Å². The second-order valence-corrected chi connectivity index (χ2v) is 2.23. The van der Waals surface area contributed by atoms with E-state index in [1.807, 2.05) is 19.1 Å². The Bertz CT molecular complexity index is 201. The minimum absolute atomic E-state index is 0.245. The van der Waals surface area contributed by atoms with E-state index in [-0.39, 0.29) is 6.23 Å². The predicted octanol–water partition coefficient (Wildman–Crippen LogP) is 1.16. The number of nitrogens with zero attached hydrogens (tertiary/aromatic N) is 1. The first kappa shape index (κ1) is 8.01. The molecule has 0 spiro atoms. The Kier molecular flexibility index (Phi) is 2.86. The maximum atomic E-state index is 5.54. The van der Waals surface area contributed by atoms with Crippen molar-refractivity contribution in [2.24, 2.45) is 5.73 Å². The number of hydrogen-bond acceptors (Lipinski definition) is 3. The third kappa shape index (κ3) is 2.55. The lowest BCUT2D eigenvalue weighted by atomic mass is 10.4. The molecule has 11 heavy (non-hydrogen) atoms. The molecule has 0 saturated carbocycles.